The number of amides is 1. The van der Waals surface area contributed by atoms with E-state index in [0.717, 1.165) is 5.52 Å². The second-order valence-electron chi connectivity index (χ2n) is 5.25. The molecular weight excluding hydrogens is 454 g/mol. The Morgan fingerprint density at radius 3 is 2.93 bits per heavy atom. The summed E-state index contributed by atoms with van der Waals surface area (Å²) < 4.78 is 6.27. The van der Waals surface area contributed by atoms with Crippen molar-refractivity contribution in [2.24, 2.45) is 0 Å². The van der Waals surface area contributed by atoms with Crippen molar-refractivity contribution in [3.05, 3.63) is 62.9 Å². The summed E-state index contributed by atoms with van der Waals surface area (Å²) in [7, 11) is 0. The van der Waals surface area contributed by atoms with Crippen LogP contribution in [0.25, 0.3) is 11.0 Å². The molecule has 4 aromatic rings. The predicted molar refractivity (Wildman–Crippen MR) is 106 cm³/mol. The van der Waals surface area contributed by atoms with Crippen LogP contribution in [0.3, 0.4) is 0 Å². The molecule has 3 heterocycles. The number of carbonyl (C=O) groups is 1. The summed E-state index contributed by atoms with van der Waals surface area (Å²) in [5.74, 6) is 0.0904. The first-order valence-corrected chi connectivity index (χ1v) is 10.2. The molecule has 3 aromatic heterocycles. The largest absolute Gasteiger partial charge is 0.444 e. The third-order valence-electron chi connectivity index (χ3n) is 3.43. The first-order chi connectivity index (χ1) is 13.1. The number of carbonyl (C=O) groups excluding carboxylic acids is 1. The van der Waals surface area contributed by atoms with E-state index < -0.39 is 5.91 Å². The van der Waals surface area contributed by atoms with Crippen LogP contribution in [-0.2, 0) is 5.75 Å². The van der Waals surface area contributed by atoms with Gasteiger partial charge in [0.05, 0.1) is 11.0 Å². The molecule has 0 saturated carbocycles. The maximum atomic E-state index is 12.1. The highest BCUT2D eigenvalue weighted by Gasteiger charge is 2.14. The molecule has 0 spiro atoms. The molecule has 0 aliphatic carbocycles. The topological polar surface area (TPSA) is 114 Å². The number of nitrogens with one attached hydrogen (secondary N) is 2. The lowest BCUT2D eigenvalue weighted by Crippen LogP contribution is -2.14. The van der Waals surface area contributed by atoms with E-state index in [2.05, 4.69) is 41.4 Å². The lowest BCUT2D eigenvalue weighted by atomic mass is 10.3. The van der Waals surface area contributed by atoms with Crippen LogP contribution in [0, 0.1) is 0 Å². The first-order valence-electron chi connectivity index (χ1n) is 7.59. The molecule has 11 heteroatoms. The van der Waals surface area contributed by atoms with Gasteiger partial charge in [-0.15, -0.1) is 10.2 Å². The van der Waals surface area contributed by atoms with Crippen LogP contribution in [-0.4, -0.2) is 26.1 Å². The predicted octanol–water partition coefficient (Wildman–Crippen LogP) is 3.67. The van der Waals surface area contributed by atoms with Gasteiger partial charge < -0.3 is 9.40 Å². The highest BCUT2D eigenvalue weighted by Crippen LogP contribution is 2.28. The molecular formula is C16H10BrN5O3S2. The van der Waals surface area contributed by atoms with E-state index in [-0.39, 0.29) is 11.3 Å². The third kappa shape index (κ3) is 4.10. The van der Waals surface area contributed by atoms with Gasteiger partial charge in [0, 0.05) is 5.75 Å². The highest BCUT2D eigenvalue weighted by atomic mass is 79.9. The van der Waals surface area contributed by atoms with Crippen LogP contribution >= 0.6 is 39.0 Å². The number of benzene rings is 1. The van der Waals surface area contributed by atoms with Gasteiger partial charge in [-0.25, -0.2) is 4.98 Å². The van der Waals surface area contributed by atoms with Crippen LogP contribution in [0.4, 0.5) is 5.13 Å². The molecule has 0 aliphatic heterocycles. The van der Waals surface area contributed by atoms with Crippen LogP contribution in [0.1, 0.15) is 16.2 Å². The van der Waals surface area contributed by atoms with Crippen molar-refractivity contribution in [3.8, 4) is 0 Å². The molecule has 136 valence electrons. The van der Waals surface area contributed by atoms with E-state index in [1.54, 1.807) is 18.2 Å². The van der Waals surface area contributed by atoms with Gasteiger partial charge in [0.25, 0.3) is 11.5 Å². The van der Waals surface area contributed by atoms with Crippen molar-refractivity contribution in [3.63, 3.8) is 0 Å². The van der Waals surface area contributed by atoms with E-state index in [1.165, 1.54) is 23.1 Å². The molecule has 8 nitrogen and oxygen atoms in total. The SMILES string of the molecule is O=C(Nc1nnc(SCc2nc3ccccc3[nH]c2=O)s1)c1ccc(Br)o1. The maximum Gasteiger partial charge on any atom is 0.293 e. The number of thioether (sulfide) groups is 1. The Balaban J connectivity index is 1.43. The molecule has 1 amide bonds. The fourth-order valence-corrected chi connectivity index (χ4v) is 4.19. The van der Waals surface area contributed by atoms with Gasteiger partial charge in [-0.3, -0.25) is 14.9 Å². The molecule has 1 aromatic carbocycles. The zero-order valence-electron chi connectivity index (χ0n) is 13.4. The van der Waals surface area contributed by atoms with Gasteiger partial charge in [0.2, 0.25) is 5.13 Å². The van der Waals surface area contributed by atoms with Gasteiger partial charge in [0.15, 0.2) is 14.8 Å². The lowest BCUT2D eigenvalue weighted by Gasteiger charge is -2.00. The van der Waals surface area contributed by atoms with Crippen molar-refractivity contribution >= 4 is 61.1 Å². The van der Waals surface area contributed by atoms with E-state index >= 15 is 0 Å². The summed E-state index contributed by atoms with van der Waals surface area (Å²) in [6.45, 7) is 0. The van der Waals surface area contributed by atoms with Gasteiger partial charge in [-0.2, -0.15) is 0 Å². The molecule has 0 fully saturated rings. The number of aromatic nitrogens is 4. The standard InChI is InChI=1S/C16H10BrN5O3S2/c17-12-6-5-11(25-12)14(24)20-15-21-22-16(27-15)26-7-10-13(23)19-9-4-2-1-3-8(9)18-10/h1-6H,7H2,(H,19,23)(H,20,21,24). The molecule has 0 unspecified atom stereocenters. The van der Waals surface area contributed by atoms with Gasteiger partial charge >= 0.3 is 0 Å². The number of nitrogens with zero attached hydrogens (tertiary/aromatic N) is 3. The van der Waals surface area contributed by atoms with Crippen LogP contribution in [0.5, 0.6) is 0 Å². The molecule has 2 N–H and O–H groups in total. The number of furan rings is 1. The Morgan fingerprint density at radius 2 is 2.11 bits per heavy atom. The number of anilines is 1. The molecule has 0 saturated heterocycles. The monoisotopic (exact) mass is 463 g/mol. The Hall–Kier alpha value is -2.50. The Bertz CT molecular complexity index is 1190. The van der Waals surface area contributed by atoms with E-state index in [9.17, 15) is 9.59 Å². The van der Waals surface area contributed by atoms with Crippen LogP contribution in [0.15, 0.2) is 54.6 Å². The molecule has 0 bridgehead atoms. The fraction of sp³-hybridized carbons (Fsp3) is 0.0625. The fourth-order valence-electron chi connectivity index (χ4n) is 2.21. The van der Waals surface area contributed by atoms with Crippen LogP contribution in [0.2, 0.25) is 0 Å². The lowest BCUT2D eigenvalue weighted by molar-refractivity contribution is 0.0995. The molecule has 0 atom stereocenters. The minimum absolute atomic E-state index is 0.165. The Kier molecular flexibility index (Phi) is 5.05. The maximum absolute atomic E-state index is 12.1. The van der Waals surface area contributed by atoms with Crippen molar-refractivity contribution in [2.75, 3.05) is 5.32 Å². The number of fused-ring (bicyclic) bond motifs is 1. The molecule has 0 aliphatic rings. The average molecular weight is 464 g/mol. The summed E-state index contributed by atoms with van der Waals surface area (Å²) in [5, 5.41) is 10.9. The van der Waals surface area contributed by atoms with Crippen molar-refractivity contribution < 1.29 is 9.21 Å². The normalized spacial score (nSPS) is 11.0. The Labute approximate surface area is 168 Å². The van der Waals surface area contributed by atoms with Crippen molar-refractivity contribution in [1.82, 2.24) is 20.2 Å². The first kappa shape index (κ1) is 17.9. The number of H-pyrrole nitrogens is 1. The summed E-state index contributed by atoms with van der Waals surface area (Å²) >= 11 is 5.68. The van der Waals surface area contributed by atoms with E-state index in [1.807, 2.05) is 18.2 Å². The minimum Gasteiger partial charge on any atom is -0.444 e. The smallest absolute Gasteiger partial charge is 0.293 e. The van der Waals surface area contributed by atoms with E-state index in [4.69, 9.17) is 4.42 Å². The molecule has 27 heavy (non-hydrogen) atoms. The molecule has 0 radical (unpaired) electrons. The second-order valence-corrected chi connectivity index (χ2v) is 8.23. The molecule has 4 rings (SSSR count). The van der Waals surface area contributed by atoms with E-state index in [0.29, 0.717) is 31.1 Å². The summed E-state index contributed by atoms with van der Waals surface area (Å²) in [4.78, 5) is 31.4. The van der Waals surface area contributed by atoms with Crippen molar-refractivity contribution in [1.29, 1.82) is 0 Å². The third-order valence-corrected chi connectivity index (χ3v) is 5.84. The number of rotatable bonds is 5. The minimum atomic E-state index is -0.416. The quantitative estimate of drug-likeness (QED) is 0.342. The number of hydrogen-bond donors (Lipinski definition) is 2. The van der Waals surface area contributed by atoms with Gasteiger partial charge in [-0.1, -0.05) is 35.2 Å². The summed E-state index contributed by atoms with van der Waals surface area (Å²) in [6.07, 6.45) is 0. The van der Waals surface area contributed by atoms with Crippen LogP contribution < -0.4 is 10.9 Å². The second kappa shape index (κ2) is 7.62. The Morgan fingerprint density at radius 1 is 1.26 bits per heavy atom. The van der Waals surface area contributed by atoms with Gasteiger partial charge in [0.1, 0.15) is 5.69 Å². The number of hydrogen-bond acceptors (Lipinski definition) is 8. The summed E-state index contributed by atoms with van der Waals surface area (Å²) in [6, 6.07) is 10.5. The number of halogens is 1. The zero-order chi connectivity index (χ0) is 18.8. The number of para-hydroxylation sites is 2. The summed E-state index contributed by atoms with van der Waals surface area (Å²) in [5.41, 5.74) is 1.59. The zero-order valence-corrected chi connectivity index (χ0v) is 16.7. The highest BCUT2D eigenvalue weighted by molar-refractivity contribution is 9.10. The average Bonchev–Trinajstić information content (AvgIpc) is 3.29. The van der Waals surface area contributed by atoms with Gasteiger partial charge in [-0.05, 0) is 40.2 Å². The van der Waals surface area contributed by atoms with Crippen molar-refractivity contribution in [2.45, 2.75) is 10.1 Å². The number of aromatic amines is 1.